The molecule has 0 radical (unpaired) electrons. The Kier molecular flexibility index (Phi) is 7.54. The van der Waals surface area contributed by atoms with Crippen LogP contribution >= 0.6 is 0 Å². The number of hydrogen-bond acceptors (Lipinski definition) is 9. The molecule has 256 valence electrons. The molecular formula is C32H26FN7O9S. The molecule has 18 heteroatoms. The van der Waals surface area contributed by atoms with Crippen LogP contribution in [0.2, 0.25) is 0 Å². The van der Waals surface area contributed by atoms with Crippen LogP contribution < -0.4 is 30.9 Å². The summed E-state index contributed by atoms with van der Waals surface area (Å²) in [5, 5.41) is 15.4. The van der Waals surface area contributed by atoms with Crippen LogP contribution in [-0.4, -0.2) is 57.4 Å². The largest absolute Gasteiger partial charge is 0.506 e. The van der Waals surface area contributed by atoms with E-state index in [1.54, 1.807) is 36.0 Å². The van der Waals surface area contributed by atoms with Gasteiger partial charge in [-0.3, -0.25) is 38.4 Å². The molecule has 5 aromatic rings. The molecule has 4 N–H and O–H groups in total. The molecule has 50 heavy (non-hydrogen) atoms. The van der Waals surface area contributed by atoms with Crippen molar-refractivity contribution in [3.8, 4) is 16.9 Å². The monoisotopic (exact) mass is 703 g/mol. The summed E-state index contributed by atoms with van der Waals surface area (Å²) in [6, 6.07) is 12.2. The van der Waals surface area contributed by atoms with Crippen molar-refractivity contribution in [3.05, 3.63) is 87.4 Å². The summed E-state index contributed by atoms with van der Waals surface area (Å²) in [6.45, 7) is -1.09. The molecule has 1 unspecified atom stereocenters. The maximum absolute atomic E-state index is 15.4. The number of carbonyl (C=O) groups is 4. The molecule has 0 spiro atoms. The predicted molar refractivity (Wildman–Crippen MR) is 177 cm³/mol. The molecule has 0 bridgehead atoms. The van der Waals surface area contributed by atoms with Crippen molar-refractivity contribution in [1.29, 1.82) is 0 Å². The van der Waals surface area contributed by atoms with Gasteiger partial charge in [-0.1, -0.05) is 6.07 Å². The Morgan fingerprint density at radius 2 is 1.74 bits per heavy atom. The minimum atomic E-state index is -4.38. The normalized spacial score (nSPS) is 17.3. The summed E-state index contributed by atoms with van der Waals surface area (Å²) in [6.07, 6.45) is 1.73. The standard InChI is InChI=1S/C32H26FN7O9S/c1-37-23-11-16(2-5-21(23)40(32(37)47)22-6-7-25(42)35-31(22)46)17-8-9-38(28(45)13-17)14-26(43)34-19-3-4-20-18(10-19)12-24(41)30(29(20)33)39-15-27(44)36-50(39,48)49/h2-5,8-13,22,41H,6-7,14-15H2,1H3,(H,34,43)(H,36,44)(H,35,42,46). The zero-order chi connectivity index (χ0) is 35.6. The smallest absolute Gasteiger partial charge is 0.329 e. The van der Waals surface area contributed by atoms with Crippen LogP contribution in [0.4, 0.5) is 15.8 Å². The van der Waals surface area contributed by atoms with Gasteiger partial charge in [-0.25, -0.2) is 18.2 Å². The van der Waals surface area contributed by atoms with Gasteiger partial charge in [-0.15, -0.1) is 0 Å². The summed E-state index contributed by atoms with van der Waals surface area (Å²) in [5.74, 6) is -4.25. The van der Waals surface area contributed by atoms with Crippen LogP contribution in [0.25, 0.3) is 32.9 Å². The predicted octanol–water partition coefficient (Wildman–Crippen LogP) is 0.964. The quantitative estimate of drug-likeness (QED) is 0.185. The van der Waals surface area contributed by atoms with Gasteiger partial charge in [0.05, 0.1) is 11.0 Å². The Labute approximate surface area is 280 Å². The molecule has 2 fully saturated rings. The summed E-state index contributed by atoms with van der Waals surface area (Å²) in [4.78, 5) is 74.7. The number of anilines is 2. The van der Waals surface area contributed by atoms with E-state index >= 15 is 4.39 Å². The van der Waals surface area contributed by atoms with E-state index < -0.39 is 74.9 Å². The number of aromatic nitrogens is 3. The third-order valence-corrected chi connectivity index (χ3v) is 10.0. The lowest BCUT2D eigenvalue weighted by Gasteiger charge is -2.21. The van der Waals surface area contributed by atoms with Crippen LogP contribution in [0.3, 0.4) is 0 Å². The maximum atomic E-state index is 15.4. The van der Waals surface area contributed by atoms with E-state index in [0.29, 0.717) is 26.5 Å². The second-order valence-electron chi connectivity index (χ2n) is 11.8. The van der Waals surface area contributed by atoms with E-state index in [2.05, 4.69) is 10.6 Å². The fourth-order valence-electron chi connectivity index (χ4n) is 6.24. The number of carbonyl (C=O) groups excluding carboxylic acids is 4. The molecule has 4 heterocycles. The molecule has 7 rings (SSSR count). The number of piperidine rings is 1. The molecule has 0 saturated carbocycles. The number of pyridine rings is 1. The lowest BCUT2D eigenvalue weighted by Crippen LogP contribution is -2.44. The number of rotatable bonds is 6. The van der Waals surface area contributed by atoms with Gasteiger partial charge in [0.25, 0.3) is 11.5 Å². The third-order valence-electron chi connectivity index (χ3n) is 8.64. The van der Waals surface area contributed by atoms with Crippen molar-refractivity contribution in [2.75, 3.05) is 16.2 Å². The number of aromatic hydroxyl groups is 1. The minimum Gasteiger partial charge on any atom is -0.506 e. The average molecular weight is 704 g/mol. The second kappa shape index (κ2) is 11.7. The van der Waals surface area contributed by atoms with Gasteiger partial charge in [-0.2, -0.15) is 8.42 Å². The van der Waals surface area contributed by atoms with Gasteiger partial charge in [-0.05, 0) is 65.4 Å². The summed E-state index contributed by atoms with van der Waals surface area (Å²) in [7, 11) is -2.83. The van der Waals surface area contributed by atoms with Crippen molar-refractivity contribution in [2.24, 2.45) is 7.05 Å². The Morgan fingerprint density at radius 1 is 0.980 bits per heavy atom. The number of phenolic OH excluding ortho intramolecular Hbond substituents is 1. The van der Waals surface area contributed by atoms with Gasteiger partial charge in [0.2, 0.25) is 17.7 Å². The molecule has 1 atom stereocenters. The van der Waals surface area contributed by atoms with Gasteiger partial charge in [0.15, 0.2) is 5.82 Å². The van der Waals surface area contributed by atoms with Crippen molar-refractivity contribution in [2.45, 2.75) is 25.4 Å². The molecule has 2 aromatic heterocycles. The van der Waals surface area contributed by atoms with Gasteiger partial charge in [0.1, 0.15) is 30.6 Å². The number of imidazole rings is 1. The number of aryl methyl sites for hydroxylation is 1. The van der Waals surface area contributed by atoms with Crippen molar-refractivity contribution in [3.63, 3.8) is 0 Å². The number of amides is 4. The van der Waals surface area contributed by atoms with Gasteiger partial charge in [0, 0.05) is 36.8 Å². The second-order valence-corrected chi connectivity index (χ2v) is 13.4. The first kappa shape index (κ1) is 32.3. The van der Waals surface area contributed by atoms with Crippen LogP contribution in [-0.2, 0) is 43.0 Å². The Bertz CT molecular complexity index is 2570. The van der Waals surface area contributed by atoms with Crippen molar-refractivity contribution >= 4 is 67.0 Å². The highest BCUT2D eigenvalue weighted by Gasteiger charge is 2.38. The molecule has 16 nitrogen and oxygen atoms in total. The van der Waals surface area contributed by atoms with Gasteiger partial charge < -0.3 is 15.0 Å². The van der Waals surface area contributed by atoms with E-state index in [0.717, 1.165) is 10.6 Å². The summed E-state index contributed by atoms with van der Waals surface area (Å²) in [5.41, 5.74) is 0.677. The number of nitrogens with one attached hydrogen (secondary N) is 3. The molecule has 2 saturated heterocycles. The Morgan fingerprint density at radius 3 is 2.44 bits per heavy atom. The number of fused-ring (bicyclic) bond motifs is 2. The van der Waals surface area contributed by atoms with Crippen molar-refractivity contribution < 1.29 is 37.1 Å². The number of halogens is 1. The summed E-state index contributed by atoms with van der Waals surface area (Å²) >= 11 is 0. The highest BCUT2D eigenvalue weighted by molar-refractivity contribution is 7.92. The maximum Gasteiger partial charge on any atom is 0.329 e. The number of hydrogen-bond donors (Lipinski definition) is 4. The van der Waals surface area contributed by atoms with Crippen LogP contribution in [0.5, 0.6) is 5.75 Å². The number of imide groups is 1. The zero-order valence-corrected chi connectivity index (χ0v) is 26.8. The fourth-order valence-corrected chi connectivity index (χ4v) is 7.41. The average Bonchev–Trinajstić information content (AvgIpc) is 3.46. The first-order chi connectivity index (χ1) is 23.7. The molecule has 2 aliphatic heterocycles. The number of benzene rings is 3. The number of nitrogens with zero attached hydrogens (tertiary/aromatic N) is 4. The molecule has 0 aliphatic carbocycles. The van der Waals surface area contributed by atoms with Crippen molar-refractivity contribution in [1.82, 2.24) is 23.7 Å². The van der Waals surface area contributed by atoms with E-state index in [1.807, 2.05) is 0 Å². The summed E-state index contributed by atoms with van der Waals surface area (Å²) < 4.78 is 45.8. The van der Waals surface area contributed by atoms with Crippen LogP contribution in [0, 0.1) is 5.82 Å². The lowest BCUT2D eigenvalue weighted by atomic mass is 10.0. The van der Waals surface area contributed by atoms with E-state index in [9.17, 15) is 42.3 Å². The minimum absolute atomic E-state index is 0.0806. The van der Waals surface area contributed by atoms with E-state index in [1.165, 1.54) is 39.6 Å². The number of phenols is 1. The molecular weight excluding hydrogens is 677 g/mol. The molecule has 3 aromatic carbocycles. The Balaban J connectivity index is 1.09. The van der Waals surface area contributed by atoms with Crippen LogP contribution in [0.15, 0.2) is 70.4 Å². The first-order valence-electron chi connectivity index (χ1n) is 15.1. The SMILES string of the molecule is Cn1c(=O)n(C2CCC(=O)NC2=O)c2ccc(-c3ccn(CC(=O)Nc4ccc5c(F)c(N6CC(=O)NS6(=O)=O)c(O)cc5c4)c(=O)c3)cc21. The van der Waals surface area contributed by atoms with E-state index in [-0.39, 0.29) is 35.8 Å². The topological polar surface area (TPSA) is 211 Å². The Hall–Kier alpha value is -6.30. The highest BCUT2D eigenvalue weighted by Crippen LogP contribution is 2.39. The fraction of sp³-hybridized carbons (Fsp3) is 0.188. The van der Waals surface area contributed by atoms with Crippen LogP contribution in [0.1, 0.15) is 18.9 Å². The zero-order valence-electron chi connectivity index (χ0n) is 26.0. The highest BCUT2D eigenvalue weighted by atomic mass is 32.2. The lowest BCUT2D eigenvalue weighted by molar-refractivity contribution is -0.135. The molecule has 2 aliphatic rings. The first-order valence-corrected chi connectivity index (χ1v) is 16.5. The third kappa shape index (κ3) is 5.44. The van der Waals surface area contributed by atoms with E-state index in [4.69, 9.17) is 0 Å². The molecule has 4 amide bonds. The van der Waals surface area contributed by atoms with Gasteiger partial charge >= 0.3 is 15.9 Å².